The van der Waals surface area contributed by atoms with Crippen LogP contribution in [0.25, 0.3) is 0 Å². The Kier molecular flexibility index (Phi) is 4.31. The maximum Gasteiger partial charge on any atom is 0.314 e. The Hall–Kier alpha value is -1.51. The highest BCUT2D eigenvalue weighted by Gasteiger charge is 2.44. The topological polar surface area (TPSA) is 46.5 Å². The molecule has 0 aromatic heterocycles. The van der Waals surface area contributed by atoms with Crippen LogP contribution in [-0.4, -0.2) is 18.2 Å². The third kappa shape index (κ3) is 3.22. The van der Waals surface area contributed by atoms with Crippen molar-refractivity contribution in [3.63, 3.8) is 0 Å². The van der Waals surface area contributed by atoms with Crippen molar-refractivity contribution >= 4 is 5.97 Å². The SMILES string of the molecule is COc1ccc(CC(C)(C)C)cc1C1(C(=O)O)CCCC1. The zero-order valence-electron chi connectivity index (χ0n) is 13.5. The van der Waals surface area contributed by atoms with Gasteiger partial charge in [0.2, 0.25) is 0 Å². The monoisotopic (exact) mass is 290 g/mol. The Morgan fingerprint density at radius 1 is 1.29 bits per heavy atom. The summed E-state index contributed by atoms with van der Waals surface area (Å²) in [6.07, 6.45) is 4.28. The second-order valence-corrected chi connectivity index (χ2v) is 7.37. The van der Waals surface area contributed by atoms with E-state index in [4.69, 9.17) is 4.74 Å². The van der Waals surface area contributed by atoms with E-state index >= 15 is 0 Å². The highest BCUT2D eigenvalue weighted by Crippen LogP contribution is 2.45. The van der Waals surface area contributed by atoms with Gasteiger partial charge >= 0.3 is 5.97 Å². The minimum absolute atomic E-state index is 0.178. The first-order chi connectivity index (χ1) is 9.78. The predicted octanol–water partition coefficient (Wildman–Crippen LogP) is 4.18. The van der Waals surface area contributed by atoms with Gasteiger partial charge in [-0.25, -0.2) is 0 Å². The van der Waals surface area contributed by atoms with Gasteiger partial charge in [0.05, 0.1) is 12.5 Å². The molecule has 1 fully saturated rings. The van der Waals surface area contributed by atoms with E-state index in [0.717, 1.165) is 24.8 Å². The van der Waals surface area contributed by atoms with Gasteiger partial charge in [-0.15, -0.1) is 0 Å². The summed E-state index contributed by atoms with van der Waals surface area (Å²) < 4.78 is 5.45. The molecule has 21 heavy (non-hydrogen) atoms. The van der Waals surface area contributed by atoms with Crippen LogP contribution in [0.15, 0.2) is 18.2 Å². The fourth-order valence-corrected chi connectivity index (χ4v) is 3.43. The summed E-state index contributed by atoms with van der Waals surface area (Å²) >= 11 is 0. The lowest BCUT2D eigenvalue weighted by Crippen LogP contribution is -2.33. The molecule has 0 aliphatic heterocycles. The van der Waals surface area contributed by atoms with Gasteiger partial charge in [-0.3, -0.25) is 4.79 Å². The van der Waals surface area contributed by atoms with Crippen molar-refractivity contribution < 1.29 is 14.6 Å². The Bertz CT molecular complexity index is 520. The van der Waals surface area contributed by atoms with Gasteiger partial charge in [-0.1, -0.05) is 45.7 Å². The van der Waals surface area contributed by atoms with E-state index in [1.165, 1.54) is 5.56 Å². The number of ether oxygens (including phenoxy) is 1. The van der Waals surface area contributed by atoms with Gasteiger partial charge in [-0.2, -0.15) is 0 Å². The minimum Gasteiger partial charge on any atom is -0.496 e. The van der Waals surface area contributed by atoms with Crippen LogP contribution in [0.4, 0.5) is 0 Å². The van der Waals surface area contributed by atoms with Gasteiger partial charge in [0, 0.05) is 5.56 Å². The number of benzene rings is 1. The molecule has 0 bridgehead atoms. The maximum absolute atomic E-state index is 11.9. The Morgan fingerprint density at radius 3 is 2.38 bits per heavy atom. The molecule has 0 spiro atoms. The number of aliphatic carboxylic acids is 1. The summed E-state index contributed by atoms with van der Waals surface area (Å²) in [6, 6.07) is 6.04. The quantitative estimate of drug-likeness (QED) is 0.904. The molecule has 3 nitrogen and oxygen atoms in total. The van der Waals surface area contributed by atoms with E-state index < -0.39 is 11.4 Å². The molecule has 1 aliphatic rings. The lowest BCUT2D eigenvalue weighted by atomic mass is 9.77. The molecule has 2 rings (SSSR count). The van der Waals surface area contributed by atoms with Crippen LogP contribution in [0, 0.1) is 5.41 Å². The average Bonchev–Trinajstić information content (AvgIpc) is 2.87. The Morgan fingerprint density at radius 2 is 1.90 bits per heavy atom. The molecule has 1 aliphatic carbocycles. The summed E-state index contributed by atoms with van der Waals surface area (Å²) in [4.78, 5) is 11.9. The highest BCUT2D eigenvalue weighted by atomic mass is 16.5. The normalized spacial score (nSPS) is 17.7. The van der Waals surface area contributed by atoms with Crippen LogP contribution < -0.4 is 4.74 Å². The average molecular weight is 290 g/mol. The van der Waals surface area contributed by atoms with Gasteiger partial charge < -0.3 is 9.84 Å². The zero-order chi connectivity index (χ0) is 15.7. The first-order valence-electron chi connectivity index (χ1n) is 7.69. The third-order valence-electron chi connectivity index (χ3n) is 4.38. The van der Waals surface area contributed by atoms with Crippen molar-refractivity contribution in [3.05, 3.63) is 29.3 Å². The van der Waals surface area contributed by atoms with Crippen molar-refractivity contribution in [3.8, 4) is 5.75 Å². The predicted molar refractivity (Wildman–Crippen MR) is 83.9 cm³/mol. The summed E-state index contributed by atoms with van der Waals surface area (Å²) in [7, 11) is 1.62. The first kappa shape index (κ1) is 15.9. The van der Waals surface area contributed by atoms with Crippen molar-refractivity contribution in [1.82, 2.24) is 0 Å². The summed E-state index contributed by atoms with van der Waals surface area (Å²) in [5.41, 5.74) is 1.46. The summed E-state index contributed by atoms with van der Waals surface area (Å²) in [5.74, 6) is -0.0110. The molecular weight excluding hydrogens is 264 g/mol. The van der Waals surface area contributed by atoms with E-state index in [-0.39, 0.29) is 5.41 Å². The molecule has 0 unspecified atom stereocenters. The van der Waals surface area contributed by atoms with Crippen LogP contribution in [0.2, 0.25) is 0 Å². The maximum atomic E-state index is 11.9. The first-order valence-corrected chi connectivity index (χ1v) is 7.69. The number of hydrogen-bond acceptors (Lipinski definition) is 2. The molecule has 0 heterocycles. The van der Waals surface area contributed by atoms with Crippen LogP contribution in [-0.2, 0) is 16.6 Å². The Balaban J connectivity index is 2.49. The molecule has 0 radical (unpaired) electrons. The zero-order valence-corrected chi connectivity index (χ0v) is 13.5. The van der Waals surface area contributed by atoms with Gasteiger partial charge in [0.1, 0.15) is 5.75 Å². The molecule has 1 aromatic rings. The number of methoxy groups -OCH3 is 1. The van der Waals surface area contributed by atoms with Crippen LogP contribution >= 0.6 is 0 Å². The van der Waals surface area contributed by atoms with E-state index in [0.29, 0.717) is 18.6 Å². The largest absolute Gasteiger partial charge is 0.496 e. The lowest BCUT2D eigenvalue weighted by Gasteiger charge is -2.28. The molecule has 1 aromatic carbocycles. The second-order valence-electron chi connectivity index (χ2n) is 7.37. The smallest absolute Gasteiger partial charge is 0.314 e. The number of carboxylic acid groups (broad SMARTS) is 1. The van der Waals surface area contributed by atoms with Crippen LogP contribution in [0.1, 0.15) is 57.6 Å². The van der Waals surface area contributed by atoms with E-state index in [1.54, 1.807) is 7.11 Å². The van der Waals surface area contributed by atoms with Gasteiger partial charge in [0.15, 0.2) is 0 Å². The van der Waals surface area contributed by atoms with E-state index in [1.807, 2.05) is 6.07 Å². The number of hydrogen-bond donors (Lipinski definition) is 1. The fraction of sp³-hybridized carbons (Fsp3) is 0.611. The van der Waals surface area contributed by atoms with E-state index in [9.17, 15) is 9.90 Å². The highest BCUT2D eigenvalue weighted by molar-refractivity contribution is 5.83. The van der Waals surface area contributed by atoms with Gasteiger partial charge in [0.25, 0.3) is 0 Å². The lowest BCUT2D eigenvalue weighted by molar-refractivity contribution is -0.143. The van der Waals surface area contributed by atoms with Gasteiger partial charge in [-0.05, 0) is 36.3 Å². The molecule has 3 heteroatoms. The van der Waals surface area contributed by atoms with Crippen LogP contribution in [0.5, 0.6) is 5.75 Å². The number of carboxylic acids is 1. The fourth-order valence-electron chi connectivity index (χ4n) is 3.43. The van der Waals surface area contributed by atoms with E-state index in [2.05, 4.69) is 32.9 Å². The minimum atomic E-state index is -0.765. The molecule has 0 atom stereocenters. The Labute approximate surface area is 127 Å². The van der Waals surface area contributed by atoms with Crippen molar-refractivity contribution in [2.24, 2.45) is 5.41 Å². The number of rotatable bonds is 4. The molecule has 0 amide bonds. The molecular formula is C18H26O3. The van der Waals surface area contributed by atoms with Crippen molar-refractivity contribution in [2.45, 2.75) is 58.3 Å². The number of carbonyl (C=O) groups is 1. The molecule has 0 saturated heterocycles. The standard InChI is InChI=1S/C18H26O3/c1-17(2,3)12-13-7-8-15(21-4)14(11-13)18(16(19)20)9-5-6-10-18/h7-8,11H,5-6,9-10,12H2,1-4H3,(H,19,20). The molecule has 1 N–H and O–H groups in total. The van der Waals surface area contributed by atoms with Crippen molar-refractivity contribution in [2.75, 3.05) is 7.11 Å². The van der Waals surface area contributed by atoms with Crippen molar-refractivity contribution in [1.29, 1.82) is 0 Å². The summed E-state index contributed by atoms with van der Waals surface area (Å²) in [5, 5.41) is 9.81. The molecule has 1 saturated carbocycles. The second kappa shape index (κ2) is 5.70. The molecule has 116 valence electrons. The van der Waals surface area contributed by atoms with Crippen LogP contribution in [0.3, 0.4) is 0 Å². The summed E-state index contributed by atoms with van der Waals surface area (Å²) in [6.45, 7) is 6.58. The third-order valence-corrected chi connectivity index (χ3v) is 4.38.